The summed E-state index contributed by atoms with van der Waals surface area (Å²) in [5.74, 6) is 0.177. The minimum Gasteiger partial charge on any atom is -0.388 e. The molecule has 0 aromatic carbocycles. The van der Waals surface area contributed by atoms with Gasteiger partial charge in [-0.05, 0) is 13.3 Å². The predicted octanol–water partition coefficient (Wildman–Crippen LogP) is 1.04. The SMILES string of the molecule is Cc1[nH]nc(-c2cnccn2)c1CCC(=N)N. The summed E-state index contributed by atoms with van der Waals surface area (Å²) in [6.07, 6.45) is 6.14. The molecule has 0 aliphatic heterocycles. The minimum atomic E-state index is 0.177. The minimum absolute atomic E-state index is 0.177. The second-order valence-corrected chi connectivity index (χ2v) is 3.79. The van der Waals surface area contributed by atoms with Gasteiger partial charge < -0.3 is 5.73 Å². The summed E-state index contributed by atoms with van der Waals surface area (Å²) in [5, 5.41) is 14.4. The van der Waals surface area contributed by atoms with Crippen LogP contribution in [0.3, 0.4) is 0 Å². The molecule has 0 saturated heterocycles. The molecule has 0 unspecified atom stereocenters. The highest BCUT2D eigenvalue weighted by atomic mass is 15.1. The summed E-state index contributed by atoms with van der Waals surface area (Å²) < 4.78 is 0. The molecule has 0 saturated carbocycles. The van der Waals surface area contributed by atoms with E-state index < -0.39 is 0 Å². The molecular formula is C11H14N6. The fourth-order valence-corrected chi connectivity index (χ4v) is 1.65. The van der Waals surface area contributed by atoms with Crippen LogP contribution in [-0.2, 0) is 6.42 Å². The zero-order valence-electron chi connectivity index (χ0n) is 9.57. The number of hydrogen-bond donors (Lipinski definition) is 3. The third-order valence-corrected chi connectivity index (χ3v) is 2.52. The quantitative estimate of drug-likeness (QED) is 0.539. The molecule has 0 radical (unpaired) electrons. The van der Waals surface area contributed by atoms with Crippen molar-refractivity contribution >= 4 is 5.84 Å². The lowest BCUT2D eigenvalue weighted by Crippen LogP contribution is -2.10. The number of aromatic nitrogens is 4. The van der Waals surface area contributed by atoms with Crippen molar-refractivity contribution in [2.75, 3.05) is 0 Å². The highest BCUT2D eigenvalue weighted by Crippen LogP contribution is 2.22. The average molecular weight is 230 g/mol. The van der Waals surface area contributed by atoms with Gasteiger partial charge in [0, 0.05) is 30.1 Å². The number of nitrogens with one attached hydrogen (secondary N) is 2. The number of H-pyrrole nitrogens is 1. The number of hydrogen-bond acceptors (Lipinski definition) is 4. The Morgan fingerprint density at radius 3 is 2.94 bits per heavy atom. The van der Waals surface area contributed by atoms with Crippen molar-refractivity contribution in [2.24, 2.45) is 5.73 Å². The van der Waals surface area contributed by atoms with E-state index in [4.69, 9.17) is 11.1 Å². The van der Waals surface area contributed by atoms with Crippen molar-refractivity contribution in [2.45, 2.75) is 19.8 Å². The first kappa shape index (κ1) is 11.3. The van der Waals surface area contributed by atoms with Crippen molar-refractivity contribution in [1.82, 2.24) is 20.2 Å². The molecule has 0 atom stereocenters. The number of nitrogens with zero attached hydrogens (tertiary/aromatic N) is 3. The third-order valence-electron chi connectivity index (χ3n) is 2.52. The molecule has 6 nitrogen and oxygen atoms in total. The van der Waals surface area contributed by atoms with Crippen LogP contribution in [0.25, 0.3) is 11.4 Å². The summed E-state index contributed by atoms with van der Waals surface area (Å²) in [5.41, 5.74) is 8.91. The second-order valence-electron chi connectivity index (χ2n) is 3.79. The molecule has 0 aliphatic carbocycles. The van der Waals surface area contributed by atoms with E-state index in [9.17, 15) is 0 Å². The summed E-state index contributed by atoms with van der Waals surface area (Å²) in [6.45, 7) is 1.95. The lowest BCUT2D eigenvalue weighted by molar-refractivity contribution is 0.996. The molecule has 0 bridgehead atoms. The van der Waals surface area contributed by atoms with E-state index in [1.165, 1.54) is 0 Å². The zero-order chi connectivity index (χ0) is 12.3. The Hall–Kier alpha value is -2.24. The fourth-order valence-electron chi connectivity index (χ4n) is 1.65. The number of aromatic amines is 1. The lowest BCUT2D eigenvalue weighted by atomic mass is 10.1. The van der Waals surface area contributed by atoms with Gasteiger partial charge in [-0.2, -0.15) is 5.10 Å². The molecule has 0 fully saturated rings. The number of amidine groups is 1. The fraction of sp³-hybridized carbons (Fsp3) is 0.273. The maximum Gasteiger partial charge on any atom is 0.115 e. The van der Waals surface area contributed by atoms with Crippen LogP contribution in [0.1, 0.15) is 17.7 Å². The van der Waals surface area contributed by atoms with Gasteiger partial charge in [-0.1, -0.05) is 0 Å². The smallest absolute Gasteiger partial charge is 0.115 e. The van der Waals surface area contributed by atoms with Crippen LogP contribution >= 0.6 is 0 Å². The Bertz CT molecular complexity index is 516. The Labute approximate surface area is 98.8 Å². The van der Waals surface area contributed by atoms with E-state index >= 15 is 0 Å². The van der Waals surface area contributed by atoms with Gasteiger partial charge in [-0.15, -0.1) is 0 Å². The highest BCUT2D eigenvalue weighted by Gasteiger charge is 2.13. The lowest BCUT2D eigenvalue weighted by Gasteiger charge is -2.02. The largest absolute Gasteiger partial charge is 0.388 e. The van der Waals surface area contributed by atoms with Gasteiger partial charge in [0.1, 0.15) is 11.4 Å². The van der Waals surface area contributed by atoms with E-state index in [-0.39, 0.29) is 5.84 Å². The Kier molecular flexibility index (Phi) is 3.13. The summed E-state index contributed by atoms with van der Waals surface area (Å²) >= 11 is 0. The summed E-state index contributed by atoms with van der Waals surface area (Å²) in [7, 11) is 0. The molecule has 6 heteroatoms. The molecule has 2 heterocycles. The van der Waals surface area contributed by atoms with Crippen LogP contribution in [0.4, 0.5) is 0 Å². The van der Waals surface area contributed by atoms with E-state index in [0.29, 0.717) is 12.8 Å². The zero-order valence-corrected chi connectivity index (χ0v) is 9.57. The maximum atomic E-state index is 7.26. The highest BCUT2D eigenvalue weighted by molar-refractivity contribution is 5.77. The second kappa shape index (κ2) is 4.73. The molecule has 0 amide bonds. The van der Waals surface area contributed by atoms with Gasteiger partial charge in [0.15, 0.2) is 0 Å². The van der Waals surface area contributed by atoms with Crippen molar-refractivity contribution < 1.29 is 0 Å². The van der Waals surface area contributed by atoms with Crippen LogP contribution in [0, 0.1) is 12.3 Å². The molecule has 2 aromatic rings. The van der Waals surface area contributed by atoms with E-state index in [0.717, 1.165) is 22.6 Å². The first-order valence-corrected chi connectivity index (χ1v) is 5.31. The first-order chi connectivity index (χ1) is 8.18. The van der Waals surface area contributed by atoms with Gasteiger partial charge in [0.05, 0.1) is 12.0 Å². The van der Waals surface area contributed by atoms with E-state index in [1.807, 2.05) is 6.92 Å². The third kappa shape index (κ3) is 2.47. The Morgan fingerprint density at radius 1 is 1.47 bits per heavy atom. The van der Waals surface area contributed by atoms with Crippen molar-refractivity contribution in [3.8, 4) is 11.4 Å². The average Bonchev–Trinajstić information content (AvgIpc) is 2.69. The van der Waals surface area contributed by atoms with Crippen molar-refractivity contribution in [3.63, 3.8) is 0 Å². The maximum absolute atomic E-state index is 7.26. The van der Waals surface area contributed by atoms with Crippen molar-refractivity contribution in [3.05, 3.63) is 29.8 Å². The normalized spacial score (nSPS) is 10.4. The summed E-state index contributed by atoms with van der Waals surface area (Å²) in [4.78, 5) is 8.24. The molecule has 88 valence electrons. The number of aryl methyl sites for hydroxylation is 1. The molecule has 0 aliphatic rings. The molecule has 0 spiro atoms. The molecule has 17 heavy (non-hydrogen) atoms. The van der Waals surface area contributed by atoms with Gasteiger partial charge in [0.25, 0.3) is 0 Å². The van der Waals surface area contributed by atoms with Gasteiger partial charge >= 0.3 is 0 Å². The molecule has 4 N–H and O–H groups in total. The standard InChI is InChI=1S/C11H14N6/c1-7-8(2-3-10(12)13)11(17-16-7)9-6-14-4-5-15-9/h4-6H,2-3H2,1H3,(H3,12,13)(H,16,17). The first-order valence-electron chi connectivity index (χ1n) is 5.31. The molecule has 2 rings (SSSR count). The van der Waals surface area contributed by atoms with Gasteiger partial charge in [-0.3, -0.25) is 20.5 Å². The number of nitrogens with two attached hydrogens (primary N) is 1. The van der Waals surface area contributed by atoms with Crippen molar-refractivity contribution in [1.29, 1.82) is 5.41 Å². The summed E-state index contributed by atoms with van der Waals surface area (Å²) in [6, 6.07) is 0. The van der Waals surface area contributed by atoms with Crippen LogP contribution < -0.4 is 5.73 Å². The number of rotatable bonds is 4. The van der Waals surface area contributed by atoms with E-state index in [2.05, 4.69) is 20.2 Å². The topological polar surface area (TPSA) is 104 Å². The Balaban J connectivity index is 2.32. The van der Waals surface area contributed by atoms with Gasteiger partial charge in [-0.25, -0.2) is 0 Å². The van der Waals surface area contributed by atoms with Crippen LogP contribution in [-0.4, -0.2) is 26.0 Å². The monoisotopic (exact) mass is 230 g/mol. The van der Waals surface area contributed by atoms with Crippen LogP contribution in [0.15, 0.2) is 18.6 Å². The molecular weight excluding hydrogens is 216 g/mol. The van der Waals surface area contributed by atoms with Crippen LogP contribution in [0.2, 0.25) is 0 Å². The van der Waals surface area contributed by atoms with E-state index in [1.54, 1.807) is 18.6 Å². The Morgan fingerprint density at radius 2 is 2.29 bits per heavy atom. The van der Waals surface area contributed by atoms with Gasteiger partial charge in [0.2, 0.25) is 0 Å². The van der Waals surface area contributed by atoms with Crippen LogP contribution in [0.5, 0.6) is 0 Å². The molecule has 2 aromatic heterocycles. The predicted molar refractivity (Wildman–Crippen MR) is 64.6 cm³/mol.